The quantitative estimate of drug-likeness (QED) is 0.855. The van der Waals surface area contributed by atoms with Gasteiger partial charge in [-0.3, -0.25) is 0 Å². The van der Waals surface area contributed by atoms with Crippen LogP contribution >= 0.6 is 11.3 Å². The molecule has 25 heavy (non-hydrogen) atoms. The van der Waals surface area contributed by atoms with Crippen molar-refractivity contribution < 1.29 is 22.3 Å². The molecule has 1 aliphatic heterocycles. The van der Waals surface area contributed by atoms with E-state index in [9.17, 15) is 12.8 Å². The van der Waals surface area contributed by atoms with Crippen molar-refractivity contribution in [3.8, 4) is 5.75 Å². The van der Waals surface area contributed by atoms with E-state index in [1.165, 1.54) is 19.4 Å². The fourth-order valence-corrected chi connectivity index (χ4v) is 5.51. The molecule has 1 aromatic carbocycles. The summed E-state index contributed by atoms with van der Waals surface area (Å²) in [7, 11) is -2.46. The van der Waals surface area contributed by atoms with Crippen molar-refractivity contribution in [1.82, 2.24) is 9.71 Å². The number of sulfonamides is 1. The van der Waals surface area contributed by atoms with Crippen LogP contribution in [0.15, 0.2) is 28.6 Å². The maximum atomic E-state index is 14.9. The largest absolute Gasteiger partial charge is 0.494 e. The minimum Gasteiger partial charge on any atom is -0.494 e. The van der Waals surface area contributed by atoms with Gasteiger partial charge in [0.1, 0.15) is 0 Å². The van der Waals surface area contributed by atoms with E-state index in [2.05, 4.69) is 9.71 Å². The van der Waals surface area contributed by atoms with Crippen molar-refractivity contribution in [3.05, 3.63) is 40.8 Å². The fraction of sp³-hybridized carbons (Fsp3) is 0.438. The van der Waals surface area contributed by atoms with Crippen LogP contribution in [0, 0.1) is 12.7 Å². The van der Waals surface area contributed by atoms with Gasteiger partial charge in [-0.1, -0.05) is 12.1 Å². The van der Waals surface area contributed by atoms with Gasteiger partial charge >= 0.3 is 0 Å². The normalized spacial score (nSPS) is 17.4. The Bertz CT molecular complexity index is 861. The first-order chi connectivity index (χ1) is 11.9. The number of rotatable bonds is 5. The van der Waals surface area contributed by atoms with Crippen LogP contribution in [0.5, 0.6) is 5.75 Å². The highest BCUT2D eigenvalue weighted by Crippen LogP contribution is 2.38. The molecule has 0 atom stereocenters. The third kappa shape index (κ3) is 3.55. The molecule has 1 N–H and O–H groups in total. The van der Waals surface area contributed by atoms with Crippen LogP contribution in [-0.2, 0) is 20.3 Å². The molecule has 2 heterocycles. The second-order valence-corrected chi connectivity index (χ2v) is 8.96. The van der Waals surface area contributed by atoms with Gasteiger partial charge in [-0.15, -0.1) is 11.3 Å². The zero-order chi connectivity index (χ0) is 18.1. The fourth-order valence-electron chi connectivity index (χ4n) is 2.96. The van der Waals surface area contributed by atoms with Gasteiger partial charge < -0.3 is 9.47 Å². The number of nitrogens with zero attached hydrogens (tertiary/aromatic N) is 1. The zero-order valence-corrected chi connectivity index (χ0v) is 15.5. The molecule has 1 saturated heterocycles. The molecule has 0 unspecified atom stereocenters. The highest BCUT2D eigenvalue weighted by Gasteiger charge is 2.41. The molecule has 2 aromatic rings. The second kappa shape index (κ2) is 6.99. The van der Waals surface area contributed by atoms with Gasteiger partial charge in [-0.25, -0.2) is 17.8 Å². The van der Waals surface area contributed by atoms with Gasteiger partial charge in [0.25, 0.3) is 10.0 Å². The van der Waals surface area contributed by atoms with E-state index >= 15 is 0 Å². The number of ether oxygens (including phenoxy) is 2. The van der Waals surface area contributed by atoms with Crippen LogP contribution in [-0.4, -0.2) is 33.7 Å². The number of methoxy groups -OCH3 is 1. The predicted molar refractivity (Wildman–Crippen MR) is 91.9 cm³/mol. The lowest BCUT2D eigenvalue weighted by atomic mass is 9.83. The average molecular weight is 386 g/mol. The molecule has 6 nitrogen and oxygen atoms in total. The molecular weight excluding hydrogens is 367 g/mol. The monoisotopic (exact) mass is 386 g/mol. The summed E-state index contributed by atoms with van der Waals surface area (Å²) in [6.45, 7) is 2.40. The summed E-state index contributed by atoms with van der Waals surface area (Å²) < 4.78 is 53.8. The van der Waals surface area contributed by atoms with Crippen molar-refractivity contribution in [3.63, 3.8) is 0 Å². The lowest BCUT2D eigenvalue weighted by Crippen LogP contribution is -2.49. The van der Waals surface area contributed by atoms with Gasteiger partial charge in [0.15, 0.2) is 15.8 Å². The minimum atomic E-state index is -3.84. The minimum absolute atomic E-state index is 0.0798. The van der Waals surface area contributed by atoms with E-state index in [1.54, 1.807) is 19.1 Å². The van der Waals surface area contributed by atoms with Crippen molar-refractivity contribution in [1.29, 1.82) is 0 Å². The van der Waals surface area contributed by atoms with Gasteiger partial charge in [0.2, 0.25) is 0 Å². The number of thiazole rings is 1. The summed E-state index contributed by atoms with van der Waals surface area (Å²) in [5.41, 5.74) is -0.826. The molecule has 0 amide bonds. The molecular formula is C16H19FN2O4S2. The van der Waals surface area contributed by atoms with E-state index in [0.717, 1.165) is 11.3 Å². The number of hydrogen-bond donors (Lipinski definition) is 1. The summed E-state index contributed by atoms with van der Waals surface area (Å²) in [4.78, 5) is 4.00. The maximum Gasteiger partial charge on any atom is 0.252 e. The SMILES string of the molecule is COc1cccc(C2(NS(=O)(=O)c3cnc(C)s3)CCOCC2)c1F. The highest BCUT2D eigenvalue weighted by molar-refractivity contribution is 7.91. The molecule has 0 bridgehead atoms. The number of nitrogens with one attached hydrogen (secondary N) is 1. The number of benzene rings is 1. The topological polar surface area (TPSA) is 77.5 Å². The summed E-state index contributed by atoms with van der Waals surface area (Å²) in [5, 5.41) is 0.647. The molecule has 0 aliphatic carbocycles. The lowest BCUT2D eigenvalue weighted by Gasteiger charge is -2.38. The molecule has 1 aliphatic rings. The van der Waals surface area contributed by atoms with Crippen molar-refractivity contribution in [2.45, 2.75) is 29.5 Å². The summed E-state index contributed by atoms with van der Waals surface area (Å²) in [6, 6.07) is 4.75. The van der Waals surface area contributed by atoms with Gasteiger partial charge in [-0.2, -0.15) is 4.72 Å². The van der Waals surface area contributed by atoms with E-state index in [-0.39, 0.29) is 15.5 Å². The number of aromatic nitrogens is 1. The van der Waals surface area contributed by atoms with Crippen molar-refractivity contribution >= 4 is 21.4 Å². The Labute approximate surface area is 150 Å². The number of hydrogen-bond acceptors (Lipinski definition) is 6. The molecule has 0 saturated carbocycles. The Hall–Kier alpha value is -1.55. The second-order valence-electron chi connectivity index (χ2n) is 5.82. The standard InChI is InChI=1S/C16H19FN2O4S2/c1-11-18-10-14(24-11)25(20,21)19-16(6-8-23-9-7-16)12-4-3-5-13(22-2)15(12)17/h3-5,10,19H,6-9H2,1-2H3. The molecule has 0 spiro atoms. The Morgan fingerprint density at radius 2 is 2.08 bits per heavy atom. The van der Waals surface area contributed by atoms with E-state index in [0.29, 0.717) is 31.1 Å². The molecule has 9 heteroatoms. The first kappa shape index (κ1) is 18.2. The average Bonchev–Trinajstić information content (AvgIpc) is 3.03. The first-order valence-corrected chi connectivity index (χ1v) is 10.0. The molecule has 3 rings (SSSR count). The molecule has 0 radical (unpaired) electrons. The van der Waals surface area contributed by atoms with Crippen LogP contribution < -0.4 is 9.46 Å². The van der Waals surface area contributed by atoms with E-state index in [4.69, 9.17) is 9.47 Å². The third-order valence-corrected chi connectivity index (χ3v) is 7.15. The number of aryl methyl sites for hydroxylation is 1. The Kier molecular flexibility index (Phi) is 5.10. The van der Waals surface area contributed by atoms with Crippen molar-refractivity contribution in [2.75, 3.05) is 20.3 Å². The van der Waals surface area contributed by atoms with Crippen LogP contribution in [0.25, 0.3) is 0 Å². The van der Waals surface area contributed by atoms with Gasteiger partial charge in [-0.05, 0) is 25.8 Å². The highest BCUT2D eigenvalue weighted by atomic mass is 32.2. The smallest absolute Gasteiger partial charge is 0.252 e. The molecule has 136 valence electrons. The Morgan fingerprint density at radius 3 is 2.68 bits per heavy atom. The van der Waals surface area contributed by atoms with Crippen LogP contribution in [0.2, 0.25) is 0 Å². The third-order valence-electron chi connectivity index (χ3n) is 4.24. The Morgan fingerprint density at radius 1 is 1.36 bits per heavy atom. The predicted octanol–water partition coefficient (Wildman–Crippen LogP) is 2.58. The van der Waals surface area contributed by atoms with Crippen LogP contribution in [0.3, 0.4) is 0 Å². The molecule has 1 fully saturated rings. The Balaban J connectivity index is 2.06. The number of halogens is 1. The zero-order valence-electron chi connectivity index (χ0n) is 13.9. The van der Waals surface area contributed by atoms with Crippen molar-refractivity contribution in [2.24, 2.45) is 0 Å². The van der Waals surface area contributed by atoms with Crippen LogP contribution in [0.1, 0.15) is 23.4 Å². The summed E-state index contributed by atoms with van der Waals surface area (Å²) in [6.07, 6.45) is 1.97. The van der Waals surface area contributed by atoms with Crippen LogP contribution in [0.4, 0.5) is 4.39 Å². The maximum absolute atomic E-state index is 14.9. The summed E-state index contributed by atoms with van der Waals surface area (Å²) >= 11 is 1.08. The van der Waals surface area contributed by atoms with Gasteiger partial charge in [0, 0.05) is 18.8 Å². The molecule has 1 aromatic heterocycles. The van der Waals surface area contributed by atoms with Gasteiger partial charge in [0.05, 0.1) is 23.9 Å². The van der Waals surface area contributed by atoms with E-state index in [1.807, 2.05) is 0 Å². The first-order valence-electron chi connectivity index (χ1n) is 7.75. The lowest BCUT2D eigenvalue weighted by molar-refractivity contribution is 0.0445. The van der Waals surface area contributed by atoms with E-state index < -0.39 is 21.4 Å². The summed E-state index contributed by atoms with van der Waals surface area (Å²) in [5.74, 6) is -0.480.